The molecule has 0 amide bonds. The standard InChI is InChI=1S/C19H24FN3O3S/c1-4-27(25,26)23-19-21-17(13(2)3)16(7-5-6-12-24)18(22-19)14-8-10-15(20)11-9-14/h8-13H,4-7H2,1-3H3,(H,21,22,23). The molecule has 1 aromatic carbocycles. The number of hydrogen-bond donors (Lipinski definition) is 1. The Bertz CT molecular complexity index is 897. The Kier molecular flexibility index (Phi) is 7.01. The summed E-state index contributed by atoms with van der Waals surface area (Å²) in [5, 5.41) is 0. The van der Waals surface area contributed by atoms with Crippen LogP contribution in [0, 0.1) is 5.82 Å². The molecular formula is C19H24FN3O3S. The quantitative estimate of drug-likeness (QED) is 0.518. The van der Waals surface area contributed by atoms with Gasteiger partial charge in [0, 0.05) is 17.5 Å². The van der Waals surface area contributed by atoms with Gasteiger partial charge in [0.15, 0.2) is 0 Å². The predicted molar refractivity (Wildman–Crippen MR) is 104 cm³/mol. The van der Waals surface area contributed by atoms with Gasteiger partial charge in [-0.15, -0.1) is 0 Å². The normalized spacial score (nSPS) is 11.6. The first-order chi connectivity index (χ1) is 12.8. The van der Waals surface area contributed by atoms with Crippen LogP contribution in [0.2, 0.25) is 0 Å². The number of sulfonamides is 1. The zero-order valence-corrected chi connectivity index (χ0v) is 16.5. The van der Waals surface area contributed by atoms with Crippen molar-refractivity contribution in [1.82, 2.24) is 9.97 Å². The van der Waals surface area contributed by atoms with Crippen LogP contribution in [0.4, 0.5) is 10.3 Å². The maximum Gasteiger partial charge on any atom is 0.237 e. The third-order valence-electron chi connectivity index (χ3n) is 4.08. The molecule has 0 aliphatic carbocycles. The van der Waals surface area contributed by atoms with E-state index in [2.05, 4.69) is 14.7 Å². The highest BCUT2D eigenvalue weighted by molar-refractivity contribution is 7.92. The number of carbonyl (C=O) groups excluding carboxylic acids is 1. The fourth-order valence-corrected chi connectivity index (χ4v) is 3.20. The van der Waals surface area contributed by atoms with Gasteiger partial charge in [-0.05, 0) is 49.9 Å². The number of rotatable bonds is 9. The number of halogens is 1. The lowest BCUT2D eigenvalue weighted by molar-refractivity contribution is -0.107. The van der Waals surface area contributed by atoms with Crippen LogP contribution in [0.1, 0.15) is 50.8 Å². The van der Waals surface area contributed by atoms with Crippen LogP contribution < -0.4 is 4.72 Å². The molecule has 2 rings (SSSR count). The fourth-order valence-electron chi connectivity index (χ4n) is 2.69. The highest BCUT2D eigenvalue weighted by atomic mass is 32.2. The number of unbranched alkanes of at least 4 members (excludes halogenated alkanes) is 1. The molecule has 0 fully saturated rings. The SMILES string of the molecule is CCS(=O)(=O)Nc1nc(-c2ccc(F)cc2)c(CCCC=O)c(C(C)C)n1. The molecule has 6 nitrogen and oxygen atoms in total. The first kappa shape index (κ1) is 21.0. The first-order valence-corrected chi connectivity index (χ1v) is 10.5. The average Bonchev–Trinajstić information content (AvgIpc) is 2.62. The van der Waals surface area contributed by atoms with Crippen LogP contribution in [0.15, 0.2) is 24.3 Å². The monoisotopic (exact) mass is 393 g/mol. The van der Waals surface area contributed by atoms with Gasteiger partial charge in [-0.25, -0.2) is 22.8 Å². The van der Waals surface area contributed by atoms with Gasteiger partial charge in [-0.1, -0.05) is 13.8 Å². The van der Waals surface area contributed by atoms with Crippen LogP contribution in [-0.4, -0.2) is 30.4 Å². The topological polar surface area (TPSA) is 89.0 Å². The summed E-state index contributed by atoms with van der Waals surface area (Å²) in [6.45, 7) is 5.44. The second-order valence-electron chi connectivity index (χ2n) is 6.49. The van der Waals surface area contributed by atoms with E-state index in [0.717, 1.165) is 11.8 Å². The molecular weight excluding hydrogens is 369 g/mol. The Morgan fingerprint density at radius 2 is 1.85 bits per heavy atom. The van der Waals surface area contributed by atoms with Crippen LogP contribution in [0.25, 0.3) is 11.3 Å². The minimum Gasteiger partial charge on any atom is -0.303 e. The fraction of sp³-hybridized carbons (Fsp3) is 0.421. The largest absolute Gasteiger partial charge is 0.303 e. The number of hydrogen-bond acceptors (Lipinski definition) is 5. The van der Waals surface area contributed by atoms with Crippen molar-refractivity contribution < 1.29 is 17.6 Å². The minimum atomic E-state index is -3.54. The smallest absolute Gasteiger partial charge is 0.237 e. The highest BCUT2D eigenvalue weighted by Crippen LogP contribution is 2.30. The molecule has 0 unspecified atom stereocenters. The summed E-state index contributed by atoms with van der Waals surface area (Å²) in [5.41, 5.74) is 2.77. The van der Waals surface area contributed by atoms with Gasteiger partial charge in [0.05, 0.1) is 17.1 Å². The Morgan fingerprint density at radius 1 is 1.19 bits per heavy atom. The van der Waals surface area contributed by atoms with Crippen LogP contribution in [0.5, 0.6) is 0 Å². The van der Waals surface area contributed by atoms with Crippen molar-refractivity contribution in [3.8, 4) is 11.3 Å². The van der Waals surface area contributed by atoms with E-state index < -0.39 is 10.0 Å². The average molecular weight is 393 g/mol. The summed E-state index contributed by atoms with van der Waals surface area (Å²) in [4.78, 5) is 19.5. The molecule has 1 N–H and O–H groups in total. The van der Waals surface area contributed by atoms with Gasteiger partial charge in [0.25, 0.3) is 0 Å². The third kappa shape index (κ3) is 5.56. The highest BCUT2D eigenvalue weighted by Gasteiger charge is 2.20. The van der Waals surface area contributed by atoms with Crippen molar-refractivity contribution in [3.63, 3.8) is 0 Å². The van der Waals surface area contributed by atoms with Gasteiger partial charge in [0.1, 0.15) is 12.1 Å². The summed E-state index contributed by atoms with van der Waals surface area (Å²) in [6, 6.07) is 5.86. The molecule has 2 aromatic rings. The molecule has 0 saturated heterocycles. The molecule has 0 aliphatic rings. The van der Waals surface area contributed by atoms with E-state index in [1.165, 1.54) is 19.1 Å². The Hall–Kier alpha value is -2.35. The maximum atomic E-state index is 13.3. The molecule has 0 saturated carbocycles. The lowest BCUT2D eigenvalue weighted by Gasteiger charge is -2.18. The van der Waals surface area contributed by atoms with E-state index >= 15 is 0 Å². The summed E-state index contributed by atoms with van der Waals surface area (Å²) in [6.07, 6.45) is 2.46. The van der Waals surface area contributed by atoms with Crippen LogP contribution >= 0.6 is 0 Å². The van der Waals surface area contributed by atoms with Gasteiger partial charge in [0.2, 0.25) is 16.0 Å². The van der Waals surface area contributed by atoms with Crippen molar-refractivity contribution in [1.29, 1.82) is 0 Å². The summed E-state index contributed by atoms with van der Waals surface area (Å²) >= 11 is 0. The number of aldehydes is 1. The zero-order valence-electron chi connectivity index (χ0n) is 15.7. The molecule has 0 spiro atoms. The number of nitrogens with zero attached hydrogens (tertiary/aromatic N) is 2. The lowest BCUT2D eigenvalue weighted by atomic mass is 9.95. The summed E-state index contributed by atoms with van der Waals surface area (Å²) in [5.74, 6) is -0.450. The van der Waals surface area contributed by atoms with Gasteiger partial charge in [-0.2, -0.15) is 0 Å². The summed E-state index contributed by atoms with van der Waals surface area (Å²) < 4.78 is 39.7. The van der Waals surface area contributed by atoms with E-state index in [1.54, 1.807) is 12.1 Å². The molecule has 0 aliphatic heterocycles. The second-order valence-corrected chi connectivity index (χ2v) is 8.50. The zero-order chi connectivity index (χ0) is 20.0. The molecule has 0 radical (unpaired) electrons. The second kappa shape index (κ2) is 9.03. The van der Waals surface area contributed by atoms with Crippen molar-refractivity contribution in [2.45, 2.75) is 46.0 Å². The number of benzene rings is 1. The molecule has 0 bridgehead atoms. The first-order valence-electron chi connectivity index (χ1n) is 8.88. The number of aromatic nitrogens is 2. The van der Waals surface area contributed by atoms with Crippen LogP contribution in [0.3, 0.4) is 0 Å². The summed E-state index contributed by atoms with van der Waals surface area (Å²) in [7, 11) is -3.54. The van der Waals surface area contributed by atoms with Gasteiger partial charge >= 0.3 is 0 Å². The van der Waals surface area contributed by atoms with E-state index in [0.29, 0.717) is 36.2 Å². The minimum absolute atomic E-state index is 0.000914. The lowest BCUT2D eigenvalue weighted by Crippen LogP contribution is -2.18. The molecule has 1 aromatic heterocycles. The van der Waals surface area contributed by atoms with Crippen molar-refractivity contribution in [2.24, 2.45) is 0 Å². The Morgan fingerprint density at radius 3 is 2.41 bits per heavy atom. The number of anilines is 1. The van der Waals surface area contributed by atoms with Gasteiger partial charge < -0.3 is 4.79 Å². The van der Waals surface area contributed by atoms with Crippen molar-refractivity contribution in [3.05, 3.63) is 41.3 Å². The Balaban J connectivity index is 2.64. The van der Waals surface area contributed by atoms with Gasteiger partial charge in [-0.3, -0.25) is 4.72 Å². The maximum absolute atomic E-state index is 13.3. The molecule has 0 atom stereocenters. The number of carbonyl (C=O) groups is 1. The predicted octanol–water partition coefficient (Wildman–Crippen LogP) is 3.69. The number of nitrogens with one attached hydrogen (secondary N) is 1. The van der Waals surface area contributed by atoms with E-state index in [9.17, 15) is 17.6 Å². The van der Waals surface area contributed by atoms with E-state index in [4.69, 9.17) is 0 Å². The third-order valence-corrected chi connectivity index (χ3v) is 5.33. The van der Waals surface area contributed by atoms with Crippen LogP contribution in [-0.2, 0) is 21.2 Å². The van der Waals surface area contributed by atoms with E-state index in [-0.39, 0.29) is 23.4 Å². The molecule has 8 heteroatoms. The molecule has 1 heterocycles. The van der Waals surface area contributed by atoms with E-state index in [1.807, 2.05) is 13.8 Å². The van der Waals surface area contributed by atoms with Crippen molar-refractivity contribution in [2.75, 3.05) is 10.5 Å². The Labute approximate surface area is 159 Å². The molecule has 27 heavy (non-hydrogen) atoms. The van der Waals surface area contributed by atoms with Crippen molar-refractivity contribution >= 4 is 22.3 Å². The molecule has 146 valence electrons.